The molecule has 2 heterocycles. The predicted octanol–water partition coefficient (Wildman–Crippen LogP) is 6.45. The molecule has 2 atom stereocenters. The number of carbonyl (C=O) groups is 2. The molecule has 220 valence electrons. The number of alkyl halides is 6. The van der Waals surface area contributed by atoms with Crippen LogP contribution in [0.5, 0.6) is 0 Å². The lowest BCUT2D eigenvalue weighted by atomic mass is 9.95. The number of halogens is 9. The third kappa shape index (κ3) is 5.82. The third-order valence-electron chi connectivity index (χ3n) is 6.27. The molecule has 2 amide bonds. The standard InChI is InChI=1S/C26H15ClF8N4O3/c27-17-2-1-12(28)6-15(17)21-20-16(23(41)39-21)7-14(36-24-38-19(9-42-24)26(33,34)35)8-18(20)37-22(40)10-3-11(25(30,31)32)5-13(29)4-10/h1-8,19,21H,9H2,(H,36,38)(H,37,40)(H,39,41)/t19-,21-/m1/s1. The lowest BCUT2D eigenvalue weighted by Crippen LogP contribution is -2.27. The van der Waals surface area contributed by atoms with Gasteiger partial charge in [-0.3, -0.25) is 9.59 Å². The van der Waals surface area contributed by atoms with Gasteiger partial charge in [0.2, 0.25) is 0 Å². The average molecular weight is 619 g/mol. The van der Waals surface area contributed by atoms with Gasteiger partial charge in [0, 0.05) is 38.7 Å². The maximum absolute atomic E-state index is 14.1. The Hall–Kier alpha value is -4.40. The number of amides is 2. The molecule has 0 fully saturated rings. The maximum atomic E-state index is 14.1. The Kier molecular flexibility index (Phi) is 7.25. The average Bonchev–Trinajstić information content (AvgIpc) is 3.49. The van der Waals surface area contributed by atoms with Crippen LogP contribution in [0.1, 0.15) is 43.4 Å². The molecule has 0 saturated heterocycles. The van der Waals surface area contributed by atoms with E-state index in [0.29, 0.717) is 12.1 Å². The topological polar surface area (TPSA) is 91.8 Å². The first-order valence-electron chi connectivity index (χ1n) is 11.8. The van der Waals surface area contributed by atoms with Gasteiger partial charge < -0.3 is 20.7 Å². The van der Waals surface area contributed by atoms with E-state index in [4.69, 9.17) is 16.3 Å². The monoisotopic (exact) mass is 618 g/mol. The largest absolute Gasteiger partial charge is 0.462 e. The number of hydrogen-bond donors (Lipinski definition) is 3. The van der Waals surface area contributed by atoms with E-state index < -0.39 is 71.6 Å². The van der Waals surface area contributed by atoms with Crippen LogP contribution in [0.2, 0.25) is 5.02 Å². The number of rotatable bonds is 4. The number of fused-ring (bicyclic) bond motifs is 1. The highest BCUT2D eigenvalue weighted by molar-refractivity contribution is 6.31. The summed E-state index contributed by atoms with van der Waals surface area (Å²) in [6.07, 6.45) is -9.67. The van der Waals surface area contributed by atoms with Gasteiger partial charge in [0.15, 0.2) is 6.04 Å². The van der Waals surface area contributed by atoms with Gasteiger partial charge in [-0.15, -0.1) is 0 Å². The highest BCUT2D eigenvalue weighted by atomic mass is 35.5. The van der Waals surface area contributed by atoms with Crippen molar-refractivity contribution in [3.05, 3.63) is 93.0 Å². The Balaban J connectivity index is 1.59. The van der Waals surface area contributed by atoms with Crippen LogP contribution >= 0.6 is 11.6 Å². The predicted molar refractivity (Wildman–Crippen MR) is 133 cm³/mol. The number of aliphatic imine (C=N–C) groups is 1. The van der Waals surface area contributed by atoms with E-state index in [1.165, 1.54) is 12.1 Å². The van der Waals surface area contributed by atoms with Crippen molar-refractivity contribution >= 4 is 40.8 Å². The summed E-state index contributed by atoms with van der Waals surface area (Å²) < 4.78 is 112. The summed E-state index contributed by atoms with van der Waals surface area (Å²) in [7, 11) is 0. The molecule has 3 aromatic rings. The molecule has 16 heteroatoms. The van der Waals surface area contributed by atoms with Crippen molar-refractivity contribution in [3.63, 3.8) is 0 Å². The van der Waals surface area contributed by atoms with Crippen molar-refractivity contribution in [2.45, 2.75) is 24.4 Å². The number of nitrogens with zero attached hydrogens (tertiary/aromatic N) is 1. The number of ether oxygens (including phenoxy) is 1. The maximum Gasteiger partial charge on any atom is 0.416 e. The summed E-state index contributed by atoms with van der Waals surface area (Å²) in [6, 6.07) is 2.86. The van der Waals surface area contributed by atoms with Crippen LogP contribution in [0, 0.1) is 11.6 Å². The van der Waals surface area contributed by atoms with Crippen molar-refractivity contribution in [2.75, 3.05) is 17.2 Å². The molecule has 0 aromatic heterocycles. The Bertz CT molecular complexity index is 1640. The van der Waals surface area contributed by atoms with Gasteiger partial charge >= 0.3 is 12.4 Å². The Morgan fingerprint density at radius 3 is 2.40 bits per heavy atom. The summed E-state index contributed by atoms with van der Waals surface area (Å²) in [5.74, 6) is -4.07. The van der Waals surface area contributed by atoms with Crippen LogP contribution in [0.15, 0.2) is 53.5 Å². The van der Waals surface area contributed by atoms with Crippen molar-refractivity contribution < 1.29 is 49.4 Å². The zero-order chi connectivity index (χ0) is 30.6. The van der Waals surface area contributed by atoms with Crippen LogP contribution in [0.4, 0.5) is 46.5 Å². The van der Waals surface area contributed by atoms with Gasteiger partial charge in [-0.25, -0.2) is 13.8 Å². The van der Waals surface area contributed by atoms with Crippen LogP contribution in [0.3, 0.4) is 0 Å². The lowest BCUT2D eigenvalue weighted by Gasteiger charge is -2.19. The highest BCUT2D eigenvalue weighted by Gasteiger charge is 2.44. The number of benzene rings is 3. The fraction of sp³-hybridized carbons (Fsp3) is 0.192. The van der Waals surface area contributed by atoms with Crippen molar-refractivity contribution in [2.24, 2.45) is 4.99 Å². The third-order valence-corrected chi connectivity index (χ3v) is 6.62. The van der Waals surface area contributed by atoms with Crippen LogP contribution in [-0.4, -0.2) is 36.7 Å². The molecule has 2 aliphatic rings. The normalized spacial score (nSPS) is 18.2. The van der Waals surface area contributed by atoms with E-state index >= 15 is 0 Å². The van der Waals surface area contributed by atoms with Crippen molar-refractivity contribution in [1.82, 2.24) is 5.32 Å². The summed E-state index contributed by atoms with van der Waals surface area (Å²) in [4.78, 5) is 29.4. The van der Waals surface area contributed by atoms with E-state index in [2.05, 4.69) is 20.9 Å². The van der Waals surface area contributed by atoms with E-state index in [1.807, 2.05) is 0 Å². The molecular weight excluding hydrogens is 604 g/mol. The quantitative estimate of drug-likeness (QED) is 0.293. The number of anilines is 2. The second-order valence-electron chi connectivity index (χ2n) is 9.17. The number of carbonyl (C=O) groups excluding carboxylic acids is 2. The Morgan fingerprint density at radius 2 is 1.74 bits per heavy atom. The van der Waals surface area contributed by atoms with E-state index in [-0.39, 0.29) is 39.2 Å². The minimum atomic E-state index is -4.98. The molecule has 5 rings (SSSR count). The molecule has 3 aromatic carbocycles. The first kappa shape index (κ1) is 29.1. The summed E-state index contributed by atoms with van der Waals surface area (Å²) in [5, 5.41) is 7.35. The summed E-state index contributed by atoms with van der Waals surface area (Å²) in [6.45, 7) is -0.817. The van der Waals surface area contributed by atoms with Gasteiger partial charge in [0.05, 0.1) is 11.6 Å². The first-order chi connectivity index (χ1) is 19.6. The minimum Gasteiger partial charge on any atom is -0.462 e. The number of nitrogens with one attached hydrogen (secondary N) is 3. The molecular formula is C26H15ClF8N4O3. The summed E-state index contributed by atoms with van der Waals surface area (Å²) in [5.41, 5.74) is -2.62. The Labute approximate surface area is 235 Å². The lowest BCUT2D eigenvalue weighted by molar-refractivity contribution is -0.149. The Morgan fingerprint density at radius 1 is 1.00 bits per heavy atom. The van der Waals surface area contributed by atoms with Gasteiger partial charge in [-0.2, -0.15) is 26.3 Å². The highest BCUT2D eigenvalue weighted by Crippen LogP contribution is 2.41. The van der Waals surface area contributed by atoms with Crippen LogP contribution in [0.25, 0.3) is 0 Å². The van der Waals surface area contributed by atoms with E-state index in [9.17, 15) is 44.7 Å². The van der Waals surface area contributed by atoms with Crippen LogP contribution < -0.4 is 16.0 Å². The summed E-state index contributed by atoms with van der Waals surface area (Å²) >= 11 is 6.23. The molecule has 7 nitrogen and oxygen atoms in total. The number of hydrogen-bond acceptors (Lipinski definition) is 5. The van der Waals surface area contributed by atoms with E-state index in [1.54, 1.807) is 0 Å². The molecule has 0 aliphatic carbocycles. The van der Waals surface area contributed by atoms with Gasteiger partial charge in [-0.1, -0.05) is 11.6 Å². The molecule has 0 unspecified atom stereocenters. The zero-order valence-electron chi connectivity index (χ0n) is 20.6. The van der Waals surface area contributed by atoms with Gasteiger partial charge in [0.1, 0.15) is 18.2 Å². The fourth-order valence-corrected chi connectivity index (χ4v) is 4.62. The molecule has 42 heavy (non-hydrogen) atoms. The smallest absolute Gasteiger partial charge is 0.416 e. The molecule has 0 bridgehead atoms. The van der Waals surface area contributed by atoms with Gasteiger partial charge in [-0.05, 0) is 48.5 Å². The fourth-order valence-electron chi connectivity index (χ4n) is 4.39. The SMILES string of the molecule is O=C(Nc1cc(NC2=N[C@@H](C(F)(F)F)CO2)cc2c1[C@@H](c1cc(F)ccc1Cl)NC2=O)c1cc(F)cc(C(F)(F)F)c1. The zero-order valence-corrected chi connectivity index (χ0v) is 21.3. The molecule has 0 spiro atoms. The molecule has 0 radical (unpaired) electrons. The molecule has 0 saturated carbocycles. The molecule has 2 aliphatic heterocycles. The minimum absolute atomic E-state index is 0.00120. The van der Waals surface area contributed by atoms with Crippen molar-refractivity contribution in [3.8, 4) is 0 Å². The second-order valence-corrected chi connectivity index (χ2v) is 9.57. The first-order valence-corrected chi connectivity index (χ1v) is 12.1. The van der Waals surface area contributed by atoms with E-state index in [0.717, 1.165) is 18.2 Å². The van der Waals surface area contributed by atoms with Crippen LogP contribution in [-0.2, 0) is 10.9 Å². The second kappa shape index (κ2) is 10.5. The van der Waals surface area contributed by atoms with Gasteiger partial charge in [0.25, 0.3) is 17.8 Å². The van der Waals surface area contributed by atoms with Crippen molar-refractivity contribution in [1.29, 1.82) is 0 Å². The number of amidine groups is 1. The molecule has 3 N–H and O–H groups in total.